The summed E-state index contributed by atoms with van der Waals surface area (Å²) in [5.41, 5.74) is 3.18. The molecule has 6 heterocycles. The average Bonchev–Trinajstić information content (AvgIpc) is 3.92. The number of esters is 1. The van der Waals surface area contributed by atoms with E-state index >= 15 is 4.79 Å². The lowest BCUT2D eigenvalue weighted by Gasteiger charge is -2.53. The van der Waals surface area contributed by atoms with Crippen LogP contribution >= 0.6 is 0 Å². The van der Waals surface area contributed by atoms with E-state index in [1.807, 2.05) is 51.1 Å². The van der Waals surface area contributed by atoms with E-state index in [0.717, 1.165) is 34.8 Å². The normalized spacial score (nSPS) is 43.0. The van der Waals surface area contributed by atoms with Crippen molar-refractivity contribution in [3.8, 4) is 0 Å². The zero-order valence-corrected chi connectivity index (χ0v) is 45.7. The van der Waals surface area contributed by atoms with Crippen molar-refractivity contribution in [2.75, 3.05) is 6.61 Å². The van der Waals surface area contributed by atoms with Gasteiger partial charge in [0.25, 0.3) is 5.91 Å². The van der Waals surface area contributed by atoms with E-state index in [4.69, 9.17) is 38.9 Å². The maximum absolute atomic E-state index is 15.1. The lowest BCUT2D eigenvalue weighted by molar-refractivity contribution is -0.334. The number of nitrogens with one attached hydrogen (secondary N) is 3. The second-order valence-electron chi connectivity index (χ2n) is 24.7. The first-order chi connectivity index (χ1) is 37.0. The van der Waals surface area contributed by atoms with Crippen LogP contribution in [0, 0.1) is 40.4 Å². The number of H-pyrrole nitrogens is 2. The molecule has 9 N–H and O–H groups in total. The van der Waals surface area contributed by atoms with Gasteiger partial charge in [-0.05, 0) is 95.1 Å². The molecule has 3 aromatic rings. The Morgan fingerprint density at radius 1 is 0.872 bits per heavy atom. The number of allylic oxidation sites excluding steroid dienone is 2. The molecule has 19 nitrogen and oxygen atoms in total. The molecule has 1 aromatic carbocycles. The van der Waals surface area contributed by atoms with Crippen molar-refractivity contribution in [3.63, 3.8) is 0 Å². The lowest BCUT2D eigenvalue weighted by Crippen LogP contribution is -2.61. The van der Waals surface area contributed by atoms with Gasteiger partial charge in [-0.15, -0.1) is 0 Å². The highest BCUT2D eigenvalue weighted by Gasteiger charge is 2.65. The molecule has 78 heavy (non-hydrogen) atoms. The molecule has 2 aromatic heterocycles. The number of aliphatic carboxylic acids is 1. The van der Waals surface area contributed by atoms with E-state index in [0.29, 0.717) is 31.4 Å². The number of rotatable bonds is 10. The van der Waals surface area contributed by atoms with E-state index in [-0.39, 0.29) is 85.6 Å². The summed E-state index contributed by atoms with van der Waals surface area (Å²) in [5.74, 6) is -4.90. The lowest BCUT2D eigenvalue weighted by atomic mass is 9.53. The number of ether oxygens (including phenoxy) is 7. The Balaban J connectivity index is 0.719. The van der Waals surface area contributed by atoms with Crippen LogP contribution in [0.25, 0.3) is 21.9 Å². The van der Waals surface area contributed by atoms with Gasteiger partial charge in [-0.2, -0.15) is 0 Å². The van der Waals surface area contributed by atoms with Crippen LogP contribution in [0.4, 0.5) is 0 Å². The number of amides is 1. The van der Waals surface area contributed by atoms with Crippen molar-refractivity contribution in [1.29, 1.82) is 0 Å². The number of hydrogen-bond donors (Lipinski definition) is 8. The number of aliphatic hydroxyl groups excluding tert-OH is 2. The third kappa shape index (κ3) is 9.35. The fourth-order valence-electron chi connectivity index (χ4n) is 15.3. The summed E-state index contributed by atoms with van der Waals surface area (Å²) in [4.78, 5) is 61.8. The molecule has 424 valence electrons. The number of carboxylic acids is 1. The van der Waals surface area contributed by atoms with Crippen LogP contribution < -0.4 is 11.1 Å². The van der Waals surface area contributed by atoms with Gasteiger partial charge in [0.15, 0.2) is 24.7 Å². The molecular formula is C59H78N4O15. The Morgan fingerprint density at radius 3 is 2.37 bits per heavy atom. The highest BCUT2D eigenvalue weighted by molar-refractivity contribution is 6.29. The van der Waals surface area contributed by atoms with E-state index in [1.54, 1.807) is 39.8 Å². The van der Waals surface area contributed by atoms with E-state index < -0.39 is 113 Å². The van der Waals surface area contributed by atoms with Gasteiger partial charge < -0.3 is 74.6 Å². The molecule has 0 radical (unpaired) electrons. The van der Waals surface area contributed by atoms with Crippen LogP contribution in [0.1, 0.15) is 130 Å². The summed E-state index contributed by atoms with van der Waals surface area (Å²) < 4.78 is 44.5. The number of carbonyl (C=O) groups excluding carboxylic acids is 3. The fraction of sp³-hybridized carbons (Fsp3) is 0.661. The monoisotopic (exact) mass is 1080 g/mol. The number of aliphatic hydroxyl groups is 3. The van der Waals surface area contributed by atoms with Gasteiger partial charge in [0, 0.05) is 57.9 Å². The largest absolute Gasteiger partial charge is 0.511 e. The SMILES string of the molecule is CC[C@@H]1C[C@]2(C)C=C(C(=O)O)[C@H](C)C[C@]23NC(=O)C(=C(O)[C@@]2(C)[C@@H]4CCC[C@H](O[C@H]5CC[C@@H](O[C@@H]6C[C@@](C)(O)[C@@H](O[C@@H]7C[C@H](OC(=O)c8cc9c([nH]8)[nH]c8ccccc89)[C@H](N)[C@H](C)O7)[C@H](C)O6)CO5)[C@H]4C=C[C@H]2C[C@H]1O)C3=O. The van der Waals surface area contributed by atoms with Gasteiger partial charge in [0.2, 0.25) is 0 Å². The number of Topliss-reactive ketones (excluding diaryl/α,β-unsaturated/α-hetero) is 1. The second kappa shape index (κ2) is 20.5. The topological polar surface area (TPSA) is 283 Å². The first-order valence-electron chi connectivity index (χ1n) is 28.3. The number of aromatic nitrogens is 2. The summed E-state index contributed by atoms with van der Waals surface area (Å²) in [5, 5.41) is 51.8. The van der Waals surface area contributed by atoms with Gasteiger partial charge >= 0.3 is 11.9 Å². The van der Waals surface area contributed by atoms with Crippen molar-refractivity contribution in [3.05, 3.63) is 71.2 Å². The molecule has 8 aliphatic rings. The summed E-state index contributed by atoms with van der Waals surface area (Å²) in [6, 6.07) is 8.98. The van der Waals surface area contributed by atoms with Crippen molar-refractivity contribution >= 4 is 45.6 Å². The van der Waals surface area contributed by atoms with Crippen molar-refractivity contribution in [1.82, 2.24) is 15.3 Å². The molecule has 11 rings (SSSR count). The van der Waals surface area contributed by atoms with Crippen molar-refractivity contribution in [2.24, 2.45) is 46.2 Å². The molecule has 0 unspecified atom stereocenters. The third-order valence-corrected chi connectivity index (χ3v) is 19.7. The number of fused-ring (bicyclic) bond motifs is 7. The van der Waals surface area contributed by atoms with Crippen molar-refractivity contribution < 1.29 is 72.8 Å². The third-order valence-electron chi connectivity index (χ3n) is 19.7. The van der Waals surface area contributed by atoms with Crippen LogP contribution in [0.15, 0.2) is 65.5 Å². The number of carboxylic acid groups (broad SMARTS) is 1. The highest BCUT2D eigenvalue weighted by atomic mass is 16.7. The van der Waals surface area contributed by atoms with E-state index in [9.17, 15) is 34.8 Å². The number of aromatic amines is 2. The smallest absolute Gasteiger partial charge is 0.355 e. The van der Waals surface area contributed by atoms with Gasteiger partial charge in [-0.3, -0.25) is 9.59 Å². The minimum absolute atomic E-state index is 0.0513. The average molecular weight is 1080 g/mol. The Hall–Kier alpha value is -4.96. The highest BCUT2D eigenvalue weighted by Crippen LogP contribution is 2.60. The number of para-hydroxylation sites is 1. The van der Waals surface area contributed by atoms with Crippen LogP contribution in [-0.2, 0) is 47.5 Å². The molecule has 1 saturated carbocycles. The number of carbonyl (C=O) groups is 4. The minimum Gasteiger partial charge on any atom is -0.511 e. The van der Waals surface area contributed by atoms with Crippen LogP contribution in [0.3, 0.4) is 0 Å². The van der Waals surface area contributed by atoms with Gasteiger partial charge in [0.05, 0.1) is 48.8 Å². The molecule has 4 saturated heterocycles. The van der Waals surface area contributed by atoms with Crippen LogP contribution in [-0.4, -0.2) is 139 Å². The fourth-order valence-corrected chi connectivity index (χ4v) is 15.3. The molecule has 4 aliphatic carbocycles. The predicted molar refractivity (Wildman–Crippen MR) is 283 cm³/mol. The molecule has 19 heteroatoms. The van der Waals surface area contributed by atoms with Gasteiger partial charge in [0.1, 0.15) is 40.4 Å². The Kier molecular flexibility index (Phi) is 14.5. The van der Waals surface area contributed by atoms with Gasteiger partial charge in [-0.1, -0.05) is 77.0 Å². The standard InChI is InChI=1S/C59H78N4O15/c1-8-31-24-56(5)25-37(54(68)69)28(2)23-59(56)50(66)47(53(67)63-59)49(65)58(7)32(20-41(31)64)16-18-35-38(58)13-11-15-42(35)76-44-19-17-33(27-72-44)75-46-26-57(6,71)51(30(4)74-46)78-45-22-43(48(60)29(3)73-45)77-55(70)40-21-36-34-12-9-10-14-39(34)61-52(36)62-40/h9-10,12,14,16,18,21,25,28-33,35,38,41-46,48,51,61-62,64-65,71H,8,11,13,15,17,19-20,22-24,26-27,60H2,1-7H3,(H,63,67)(H,68,69)/t28-,29+,30+,31-,32+,33-,35+,38-,41-,42+,43+,44+,45-,46-,48-,51+,56-,57-,58-,59-/m1/s1. The van der Waals surface area contributed by atoms with Gasteiger partial charge in [-0.25, -0.2) is 9.59 Å². The predicted octanol–water partition coefficient (Wildman–Crippen LogP) is 6.91. The van der Waals surface area contributed by atoms with E-state index in [2.05, 4.69) is 21.4 Å². The molecule has 20 atom stereocenters. The van der Waals surface area contributed by atoms with E-state index in [1.165, 1.54) is 0 Å². The van der Waals surface area contributed by atoms with Crippen molar-refractivity contribution in [2.45, 2.75) is 198 Å². The zero-order valence-electron chi connectivity index (χ0n) is 45.7. The summed E-state index contributed by atoms with van der Waals surface area (Å²) in [6.45, 7) is 12.9. The quantitative estimate of drug-likeness (QED) is 0.0581. The first kappa shape index (κ1) is 55.0. The molecule has 5 fully saturated rings. The number of benzene rings is 1. The summed E-state index contributed by atoms with van der Waals surface area (Å²) in [6.07, 6.45) is 4.01. The number of ketones is 1. The molecule has 1 amide bonds. The molecular weight excluding hydrogens is 1000 g/mol. The van der Waals surface area contributed by atoms with Crippen LogP contribution in [0.2, 0.25) is 0 Å². The first-order valence-corrected chi connectivity index (χ1v) is 28.3. The zero-order chi connectivity index (χ0) is 55.4. The number of nitrogens with two attached hydrogens (primary N) is 1. The number of hydrogen-bond acceptors (Lipinski definition) is 15. The Labute approximate surface area is 453 Å². The molecule has 1 spiro atoms. The molecule has 4 aliphatic heterocycles. The minimum atomic E-state index is -1.51. The maximum atomic E-state index is 15.1. The molecule has 2 bridgehead atoms. The Morgan fingerprint density at radius 2 is 1.64 bits per heavy atom. The summed E-state index contributed by atoms with van der Waals surface area (Å²) in [7, 11) is 0. The Bertz CT molecular complexity index is 2920. The maximum Gasteiger partial charge on any atom is 0.355 e. The second-order valence-corrected chi connectivity index (χ2v) is 24.7. The summed E-state index contributed by atoms with van der Waals surface area (Å²) >= 11 is 0. The van der Waals surface area contributed by atoms with Crippen LogP contribution in [0.5, 0.6) is 0 Å².